The maximum atomic E-state index is 15.1. The molecule has 2 heterocycles. The minimum atomic E-state index is -0.987. The number of nitrogens with one attached hydrogen (secondary N) is 4. The summed E-state index contributed by atoms with van der Waals surface area (Å²) in [6.07, 6.45) is 12.7. The molecule has 0 radical (unpaired) electrons. The Bertz CT molecular complexity index is 1510. The van der Waals surface area contributed by atoms with Gasteiger partial charge in [0.1, 0.15) is 18.1 Å². The summed E-state index contributed by atoms with van der Waals surface area (Å²) in [5.74, 6) is -2.59. The number of fused-ring (bicyclic) bond motifs is 1. The van der Waals surface area contributed by atoms with Gasteiger partial charge in [-0.15, -0.1) is 0 Å². The molecular formula is C43H70N6O6. The van der Waals surface area contributed by atoms with Crippen molar-refractivity contribution < 1.29 is 28.8 Å². The van der Waals surface area contributed by atoms with Crippen LogP contribution >= 0.6 is 0 Å². The van der Waals surface area contributed by atoms with Crippen LogP contribution in [0.5, 0.6) is 0 Å². The average Bonchev–Trinajstić information content (AvgIpc) is 3.78. The van der Waals surface area contributed by atoms with Gasteiger partial charge in [-0.05, 0) is 107 Å². The zero-order valence-electron chi connectivity index (χ0n) is 35.0. The van der Waals surface area contributed by atoms with Crippen LogP contribution in [0.1, 0.15) is 152 Å². The molecule has 6 fully saturated rings. The summed E-state index contributed by atoms with van der Waals surface area (Å²) in [6, 6.07) is -3.65. The molecule has 55 heavy (non-hydrogen) atoms. The highest BCUT2D eigenvalue weighted by atomic mass is 16.2. The van der Waals surface area contributed by atoms with Gasteiger partial charge < -0.3 is 26.2 Å². The van der Waals surface area contributed by atoms with E-state index in [-0.39, 0.29) is 58.0 Å². The molecule has 0 aromatic carbocycles. The molecule has 0 aromatic heterocycles. The molecule has 6 rings (SSSR count). The van der Waals surface area contributed by atoms with E-state index in [1.165, 1.54) is 0 Å². The van der Waals surface area contributed by atoms with Crippen molar-refractivity contribution >= 4 is 35.3 Å². The first-order chi connectivity index (χ1) is 25.9. The standard InChI is InChI=1S/C43H70N6O6/c1-9-15-29(33(50)38(54)44-28-19-20-28)45-36(52)31-24-43(41(7,8)42(43)21-14-22-42)25-49(31)39(55)34(40(4,5)6)47-37(53)32(27-16-11-10-12-17-27)46-35(51)30-18-13-23-48(30)26(2)3/h26-32,34H,9-25H2,1-8H3,(H,44,54)(H,45,52)(H,46,51)(H,47,53)/t29?,30-,31-,32-,34+,43+/m0/s1. The molecule has 308 valence electrons. The van der Waals surface area contributed by atoms with Crippen molar-refractivity contribution in [3.8, 4) is 0 Å². The van der Waals surface area contributed by atoms with Crippen LogP contribution in [0, 0.1) is 27.6 Å². The Balaban J connectivity index is 1.26. The molecule has 2 aliphatic heterocycles. The molecule has 4 N–H and O–H groups in total. The number of carbonyl (C=O) groups excluding carboxylic acids is 6. The number of amides is 5. The lowest BCUT2D eigenvalue weighted by Crippen LogP contribution is -2.62. The Morgan fingerprint density at radius 3 is 1.98 bits per heavy atom. The van der Waals surface area contributed by atoms with Gasteiger partial charge in [0.25, 0.3) is 5.91 Å². The second-order valence-electron chi connectivity index (χ2n) is 20.0. The maximum Gasteiger partial charge on any atom is 0.289 e. The molecule has 6 atom stereocenters. The largest absolute Gasteiger partial charge is 0.347 e. The number of Topliss-reactive ketones (excluding diaryl/α,β-unsaturated/α-hetero) is 1. The van der Waals surface area contributed by atoms with Gasteiger partial charge >= 0.3 is 0 Å². The predicted octanol–water partition coefficient (Wildman–Crippen LogP) is 4.39. The third kappa shape index (κ3) is 7.71. The molecular weight excluding hydrogens is 697 g/mol. The Labute approximate surface area is 329 Å². The van der Waals surface area contributed by atoms with Gasteiger partial charge in [0, 0.05) is 24.0 Å². The smallest absolute Gasteiger partial charge is 0.289 e. The van der Waals surface area contributed by atoms with Gasteiger partial charge in [0.05, 0.1) is 12.1 Å². The summed E-state index contributed by atoms with van der Waals surface area (Å²) >= 11 is 0. The van der Waals surface area contributed by atoms with Crippen molar-refractivity contribution in [3.63, 3.8) is 0 Å². The molecule has 1 unspecified atom stereocenters. The highest BCUT2D eigenvalue weighted by molar-refractivity contribution is 6.38. The van der Waals surface area contributed by atoms with Crippen LogP contribution in [0.2, 0.25) is 0 Å². The van der Waals surface area contributed by atoms with Gasteiger partial charge in [0.15, 0.2) is 0 Å². The van der Waals surface area contributed by atoms with Gasteiger partial charge in [-0.25, -0.2) is 0 Å². The van der Waals surface area contributed by atoms with Gasteiger partial charge in [-0.3, -0.25) is 33.7 Å². The fourth-order valence-corrected chi connectivity index (χ4v) is 11.4. The van der Waals surface area contributed by atoms with Crippen LogP contribution in [0.4, 0.5) is 0 Å². The van der Waals surface area contributed by atoms with Crippen LogP contribution in [-0.4, -0.2) is 101 Å². The fourth-order valence-electron chi connectivity index (χ4n) is 11.4. The lowest BCUT2D eigenvalue weighted by atomic mass is 9.73. The molecule has 4 aliphatic carbocycles. The normalized spacial score (nSPS) is 29.0. The number of ketones is 1. The lowest BCUT2D eigenvalue weighted by molar-refractivity contribution is -0.145. The monoisotopic (exact) mass is 767 g/mol. The Morgan fingerprint density at radius 1 is 0.782 bits per heavy atom. The zero-order valence-corrected chi connectivity index (χ0v) is 35.0. The summed E-state index contributed by atoms with van der Waals surface area (Å²) in [5, 5.41) is 12.0. The van der Waals surface area contributed by atoms with E-state index >= 15 is 4.79 Å². The number of rotatable bonds is 14. The quantitative estimate of drug-likeness (QED) is 0.191. The second kappa shape index (κ2) is 15.7. The van der Waals surface area contributed by atoms with Crippen LogP contribution < -0.4 is 21.3 Å². The third-order valence-electron chi connectivity index (χ3n) is 15.1. The molecule has 0 bridgehead atoms. The van der Waals surface area contributed by atoms with Crippen LogP contribution in [-0.2, 0) is 28.8 Å². The molecule has 5 amide bonds. The first-order valence-electron chi connectivity index (χ1n) is 21.7. The molecule has 2 spiro atoms. The van der Waals surface area contributed by atoms with E-state index in [1.807, 2.05) is 27.7 Å². The van der Waals surface area contributed by atoms with Crippen LogP contribution in [0.25, 0.3) is 0 Å². The van der Waals surface area contributed by atoms with Crippen molar-refractivity contribution in [1.29, 1.82) is 0 Å². The predicted molar refractivity (Wildman–Crippen MR) is 210 cm³/mol. The first-order valence-corrected chi connectivity index (χ1v) is 21.7. The third-order valence-corrected chi connectivity index (χ3v) is 15.1. The van der Waals surface area contributed by atoms with Crippen LogP contribution in [0.15, 0.2) is 0 Å². The van der Waals surface area contributed by atoms with Crippen LogP contribution in [0.3, 0.4) is 0 Å². The van der Waals surface area contributed by atoms with Crippen molar-refractivity contribution in [2.45, 2.75) is 194 Å². The van der Waals surface area contributed by atoms with Crippen molar-refractivity contribution in [2.75, 3.05) is 13.1 Å². The van der Waals surface area contributed by atoms with E-state index in [1.54, 1.807) is 4.90 Å². The van der Waals surface area contributed by atoms with E-state index in [4.69, 9.17) is 0 Å². The van der Waals surface area contributed by atoms with E-state index in [9.17, 15) is 24.0 Å². The van der Waals surface area contributed by atoms with E-state index < -0.39 is 47.2 Å². The zero-order chi connectivity index (χ0) is 40.1. The Morgan fingerprint density at radius 2 is 1.44 bits per heavy atom. The number of nitrogens with zero attached hydrogens (tertiary/aromatic N) is 2. The lowest BCUT2D eigenvalue weighted by Gasteiger charge is -2.38. The fraction of sp³-hybridized carbons (Fsp3) is 0.860. The number of likely N-dealkylation sites (tertiary alicyclic amines) is 2. The first kappa shape index (κ1) is 41.6. The summed E-state index contributed by atoms with van der Waals surface area (Å²) in [4.78, 5) is 88.1. The van der Waals surface area contributed by atoms with Crippen molar-refractivity contribution in [3.05, 3.63) is 0 Å². The molecule has 4 saturated carbocycles. The van der Waals surface area contributed by atoms with Gasteiger partial charge in [-0.1, -0.05) is 73.6 Å². The average molecular weight is 767 g/mol. The molecule has 0 aromatic rings. The number of hydrogen-bond acceptors (Lipinski definition) is 7. The summed E-state index contributed by atoms with van der Waals surface area (Å²) in [7, 11) is 0. The molecule has 6 aliphatic rings. The molecule has 2 saturated heterocycles. The summed E-state index contributed by atoms with van der Waals surface area (Å²) < 4.78 is 0. The number of hydrogen-bond donors (Lipinski definition) is 4. The maximum absolute atomic E-state index is 15.1. The topological polar surface area (TPSA) is 157 Å². The van der Waals surface area contributed by atoms with Gasteiger partial charge in [-0.2, -0.15) is 0 Å². The molecule has 12 heteroatoms. The Kier molecular flexibility index (Phi) is 11.9. The minimum Gasteiger partial charge on any atom is -0.347 e. The van der Waals surface area contributed by atoms with Crippen molar-refractivity contribution in [2.24, 2.45) is 27.6 Å². The van der Waals surface area contributed by atoms with E-state index in [0.717, 1.165) is 83.6 Å². The number of carbonyl (C=O) groups is 6. The molecule has 12 nitrogen and oxygen atoms in total. The second-order valence-corrected chi connectivity index (χ2v) is 20.0. The van der Waals surface area contributed by atoms with Crippen molar-refractivity contribution in [1.82, 2.24) is 31.1 Å². The minimum absolute atomic E-state index is 0.0148. The Hall–Kier alpha value is -3.02. The summed E-state index contributed by atoms with van der Waals surface area (Å²) in [6.45, 7) is 17.6. The van der Waals surface area contributed by atoms with E-state index in [2.05, 4.69) is 53.9 Å². The highest BCUT2D eigenvalue weighted by Gasteiger charge is 2.85. The van der Waals surface area contributed by atoms with Gasteiger partial charge in [0.2, 0.25) is 29.4 Å². The SMILES string of the molecule is CCCC(NC(=O)[C@@H]1C[C@@]2(CN1C(=O)[C@@H](NC(=O)[C@@H](NC(=O)[C@@H]1CCCN1C(C)C)C1CCCCC1)C(C)(C)C)C(C)(C)C21CCC1)C(=O)C(=O)NC1CC1. The summed E-state index contributed by atoms with van der Waals surface area (Å²) in [5.41, 5.74) is -1.04. The van der Waals surface area contributed by atoms with E-state index in [0.29, 0.717) is 25.8 Å². The highest BCUT2D eigenvalue weighted by Crippen LogP contribution is 2.88.